The summed E-state index contributed by atoms with van der Waals surface area (Å²) in [6, 6.07) is 5.00. The number of carbonyl (C=O) groups excluding carboxylic acids is 2. The van der Waals surface area contributed by atoms with Gasteiger partial charge in [0.2, 0.25) is 10.0 Å². The molecule has 0 bridgehead atoms. The molecule has 0 saturated carbocycles. The van der Waals surface area contributed by atoms with E-state index in [9.17, 15) is 18.0 Å². The van der Waals surface area contributed by atoms with Crippen molar-refractivity contribution in [3.8, 4) is 0 Å². The molecular weight excluding hydrogens is 663 g/mol. The molecule has 0 aliphatic carbocycles. The zero-order valence-electron chi connectivity index (χ0n) is 22.4. The third-order valence-corrected chi connectivity index (χ3v) is 9.67. The van der Waals surface area contributed by atoms with Crippen LogP contribution in [0, 0.1) is 0 Å². The summed E-state index contributed by atoms with van der Waals surface area (Å²) in [5.41, 5.74) is 9.56. The second-order valence-electron chi connectivity index (χ2n) is 8.59. The third kappa shape index (κ3) is 9.10. The fourth-order valence-corrected chi connectivity index (χ4v) is 6.93. The zero-order chi connectivity index (χ0) is 29.9. The highest BCUT2D eigenvalue weighted by atomic mass is 79.9. The quantitative estimate of drug-likeness (QED) is 0.176. The average Bonchev–Trinajstić information content (AvgIpc) is 3.33. The molecule has 14 heteroatoms. The molecule has 0 radical (unpaired) electrons. The molecule has 1 fully saturated rings. The minimum atomic E-state index is -4.17. The van der Waals surface area contributed by atoms with Gasteiger partial charge in [0, 0.05) is 58.4 Å². The number of morpholine rings is 1. The first kappa shape index (κ1) is 34.4. The molecule has 2 amide bonds. The molecule has 1 aromatic carbocycles. The number of thioether (sulfide) groups is 1. The summed E-state index contributed by atoms with van der Waals surface area (Å²) in [7, 11) is -4.17. The Morgan fingerprint density at radius 2 is 2.02 bits per heavy atom. The number of aromatic nitrogens is 1. The number of hydrogen-bond acceptors (Lipinski definition) is 6. The van der Waals surface area contributed by atoms with Crippen LogP contribution in [0.15, 0.2) is 62.5 Å². The van der Waals surface area contributed by atoms with Crippen LogP contribution in [-0.2, 0) is 19.6 Å². The van der Waals surface area contributed by atoms with Gasteiger partial charge in [-0.1, -0.05) is 56.9 Å². The molecule has 1 aliphatic rings. The van der Waals surface area contributed by atoms with E-state index >= 15 is 0 Å². The molecule has 1 unspecified atom stereocenters. The van der Waals surface area contributed by atoms with Gasteiger partial charge < -0.3 is 20.8 Å². The van der Waals surface area contributed by atoms with E-state index in [4.69, 9.17) is 22.1 Å². The van der Waals surface area contributed by atoms with E-state index in [-0.39, 0.29) is 36.2 Å². The first-order valence-electron chi connectivity index (χ1n) is 12.1. The van der Waals surface area contributed by atoms with Crippen LogP contribution in [0.2, 0.25) is 0 Å². The molecule has 40 heavy (non-hydrogen) atoms. The molecule has 0 spiro atoms. The SMILES string of the molecule is CC(/C=C\C=C\Cl)=C(/C)CSCCNC(=O)C1CN(S(=O)(=O)c2c(C(N)=O)[nH]c3ccc(Br)cc23)CCO1.CCl. The number of nitrogens with two attached hydrogens (primary N) is 1. The Kier molecular flexibility index (Phi) is 14.3. The smallest absolute Gasteiger partial charge is 0.266 e. The van der Waals surface area contributed by atoms with Crippen LogP contribution in [0.5, 0.6) is 0 Å². The zero-order valence-corrected chi connectivity index (χ0v) is 27.1. The van der Waals surface area contributed by atoms with Crippen molar-refractivity contribution in [1.29, 1.82) is 0 Å². The second kappa shape index (κ2) is 16.6. The maximum atomic E-state index is 13.6. The number of rotatable bonds is 11. The van der Waals surface area contributed by atoms with Gasteiger partial charge in [-0.05, 0) is 32.0 Å². The summed E-state index contributed by atoms with van der Waals surface area (Å²) in [4.78, 5) is 27.4. The van der Waals surface area contributed by atoms with E-state index in [1.807, 2.05) is 19.1 Å². The van der Waals surface area contributed by atoms with Crippen LogP contribution >= 0.6 is 50.9 Å². The predicted molar refractivity (Wildman–Crippen MR) is 168 cm³/mol. The van der Waals surface area contributed by atoms with E-state index in [0.29, 0.717) is 27.7 Å². The Morgan fingerprint density at radius 1 is 1.30 bits per heavy atom. The molecule has 220 valence electrons. The number of carbonyl (C=O) groups is 2. The van der Waals surface area contributed by atoms with Crippen LogP contribution in [0.4, 0.5) is 0 Å². The van der Waals surface area contributed by atoms with Crippen molar-refractivity contribution in [2.75, 3.05) is 44.1 Å². The molecule has 2 aromatic rings. The van der Waals surface area contributed by atoms with Crippen LogP contribution < -0.4 is 11.1 Å². The van der Waals surface area contributed by atoms with Gasteiger partial charge in [-0.2, -0.15) is 16.1 Å². The number of amides is 2. The lowest BCUT2D eigenvalue weighted by molar-refractivity contribution is -0.136. The van der Waals surface area contributed by atoms with Crippen LogP contribution in [0.1, 0.15) is 24.3 Å². The van der Waals surface area contributed by atoms with Crippen molar-refractivity contribution in [2.24, 2.45) is 5.73 Å². The lowest BCUT2D eigenvalue weighted by Crippen LogP contribution is -2.51. The molecular formula is C26H33BrCl2N4O5S2. The predicted octanol–water partition coefficient (Wildman–Crippen LogP) is 4.77. The highest BCUT2D eigenvalue weighted by Crippen LogP contribution is 2.32. The lowest BCUT2D eigenvalue weighted by atomic mass is 10.1. The summed E-state index contributed by atoms with van der Waals surface area (Å²) in [5.74, 6) is 0.217. The van der Waals surface area contributed by atoms with Crippen molar-refractivity contribution in [3.05, 3.63) is 63.3 Å². The number of nitrogens with one attached hydrogen (secondary N) is 2. The van der Waals surface area contributed by atoms with E-state index in [2.05, 4.69) is 44.8 Å². The monoisotopic (exact) mass is 694 g/mol. The van der Waals surface area contributed by atoms with Gasteiger partial charge in [0.15, 0.2) is 0 Å². The Hall–Kier alpha value is -1.80. The van der Waals surface area contributed by atoms with Crippen molar-refractivity contribution in [1.82, 2.24) is 14.6 Å². The van der Waals surface area contributed by atoms with Crippen molar-refractivity contribution < 1.29 is 22.7 Å². The third-order valence-electron chi connectivity index (χ3n) is 5.95. The summed E-state index contributed by atoms with van der Waals surface area (Å²) in [6.45, 7) is 4.40. The Bertz CT molecular complexity index is 1390. The Balaban J connectivity index is 0.00000274. The normalized spacial score (nSPS) is 17.1. The molecule has 9 nitrogen and oxygen atoms in total. The Labute approximate surface area is 257 Å². The summed E-state index contributed by atoms with van der Waals surface area (Å²) < 4.78 is 34.7. The van der Waals surface area contributed by atoms with Crippen molar-refractivity contribution in [3.63, 3.8) is 0 Å². The number of benzene rings is 1. The number of primary amides is 1. The molecule has 1 aliphatic heterocycles. The van der Waals surface area contributed by atoms with Gasteiger partial charge >= 0.3 is 0 Å². The van der Waals surface area contributed by atoms with Gasteiger partial charge in [-0.15, -0.1) is 11.6 Å². The number of H-pyrrole nitrogens is 1. The number of hydrogen-bond donors (Lipinski definition) is 3. The largest absolute Gasteiger partial charge is 0.366 e. The summed E-state index contributed by atoms with van der Waals surface area (Å²) >= 11 is 15.2. The average molecular weight is 697 g/mol. The maximum Gasteiger partial charge on any atom is 0.266 e. The second-order valence-corrected chi connectivity index (χ2v) is 12.7. The highest BCUT2D eigenvalue weighted by Gasteiger charge is 2.37. The number of aromatic amines is 1. The maximum absolute atomic E-state index is 13.6. The molecule has 1 atom stereocenters. The van der Waals surface area contributed by atoms with E-state index in [1.165, 1.54) is 17.5 Å². The minimum Gasteiger partial charge on any atom is -0.366 e. The number of fused-ring (bicyclic) bond motifs is 1. The first-order chi connectivity index (χ1) is 19.1. The number of allylic oxidation sites excluding steroid dienone is 4. The molecule has 3 rings (SSSR count). The fourth-order valence-electron chi connectivity index (χ4n) is 3.80. The summed E-state index contributed by atoms with van der Waals surface area (Å²) in [6.07, 6.45) is 6.10. The van der Waals surface area contributed by atoms with Gasteiger partial charge in [-0.25, -0.2) is 8.42 Å². The van der Waals surface area contributed by atoms with Crippen molar-refractivity contribution >= 4 is 83.6 Å². The number of alkyl halides is 1. The van der Waals surface area contributed by atoms with Gasteiger partial charge in [-0.3, -0.25) is 9.59 Å². The van der Waals surface area contributed by atoms with Gasteiger partial charge in [0.1, 0.15) is 16.7 Å². The van der Waals surface area contributed by atoms with Crippen LogP contribution in [-0.4, -0.2) is 79.8 Å². The number of ether oxygens (including phenoxy) is 1. The minimum absolute atomic E-state index is 0.0414. The Morgan fingerprint density at radius 3 is 2.70 bits per heavy atom. The van der Waals surface area contributed by atoms with E-state index in [0.717, 1.165) is 15.6 Å². The van der Waals surface area contributed by atoms with Gasteiger partial charge in [0.05, 0.1) is 6.61 Å². The first-order valence-corrected chi connectivity index (χ1v) is 16.7. The van der Waals surface area contributed by atoms with Crippen LogP contribution in [0.3, 0.4) is 0 Å². The molecule has 1 saturated heterocycles. The highest BCUT2D eigenvalue weighted by molar-refractivity contribution is 9.10. The van der Waals surface area contributed by atoms with Gasteiger partial charge in [0.25, 0.3) is 11.8 Å². The number of sulfonamides is 1. The summed E-state index contributed by atoms with van der Waals surface area (Å²) in [5, 5.41) is 3.16. The van der Waals surface area contributed by atoms with Crippen LogP contribution in [0.25, 0.3) is 10.9 Å². The fraction of sp³-hybridized carbons (Fsp3) is 0.385. The standard InChI is InChI=1S/C25H30BrClN4O5S2.CH3Cl/c1-16(5-3-4-8-27)17(2)15-37-12-9-29-25(33)21-14-31(10-11-36-21)38(34,35)23-19-13-18(26)6-7-20(19)30-22(23)24(28)32;1-2/h3-8,13,21,30H,9-12,14-15H2,1-2H3,(H2,28,32)(H,29,33);1H3/b5-3-,8-4+,17-16+;. The van der Waals surface area contributed by atoms with E-state index < -0.39 is 22.0 Å². The topological polar surface area (TPSA) is 135 Å². The van der Waals surface area contributed by atoms with Crippen molar-refractivity contribution in [2.45, 2.75) is 24.8 Å². The van der Waals surface area contributed by atoms with E-state index in [1.54, 1.807) is 36.0 Å². The molecule has 4 N–H and O–H groups in total. The molecule has 1 aromatic heterocycles. The number of nitrogens with zero attached hydrogens (tertiary/aromatic N) is 1. The number of halogens is 3. The lowest BCUT2D eigenvalue weighted by Gasteiger charge is -2.31. The molecule has 2 heterocycles.